The second-order valence-corrected chi connectivity index (χ2v) is 8.29. The molecule has 1 atom stereocenters. The molecule has 0 bridgehead atoms. The Morgan fingerprint density at radius 3 is 2.46 bits per heavy atom. The average Bonchev–Trinajstić information content (AvgIpc) is 3.13. The molecule has 2 rings (SSSR count). The van der Waals surface area contributed by atoms with Crippen molar-refractivity contribution in [1.29, 1.82) is 0 Å². The summed E-state index contributed by atoms with van der Waals surface area (Å²) in [5, 5.41) is 0. The van der Waals surface area contributed by atoms with Gasteiger partial charge in [0.15, 0.2) is 0 Å². The molecule has 0 spiro atoms. The number of hydrogen-bond acceptors (Lipinski definition) is 2. The van der Waals surface area contributed by atoms with Crippen molar-refractivity contribution in [3.63, 3.8) is 0 Å². The standard InChI is InChI=1S/C23H38N2O/c1-20(2)13-9-7-5-3-4-6-8-10-16-23(26)25-18-12-15-22(25)21-14-11-17-24-19-21/h11,14,17,19-20,22H,3-10,12-13,15-16,18H2,1-2H3/t22-/m0/s1. The van der Waals surface area contributed by atoms with Crippen molar-refractivity contribution in [3.8, 4) is 0 Å². The third-order valence-corrected chi connectivity index (χ3v) is 5.56. The normalized spacial score (nSPS) is 17.2. The highest BCUT2D eigenvalue weighted by molar-refractivity contribution is 5.77. The molecule has 3 heteroatoms. The minimum absolute atomic E-state index is 0.252. The summed E-state index contributed by atoms with van der Waals surface area (Å²) in [6.45, 7) is 5.53. The van der Waals surface area contributed by atoms with E-state index in [1.807, 2.05) is 12.3 Å². The van der Waals surface area contributed by atoms with Crippen molar-refractivity contribution in [1.82, 2.24) is 9.88 Å². The van der Waals surface area contributed by atoms with Gasteiger partial charge in [-0.1, -0.05) is 71.3 Å². The molecule has 1 saturated heterocycles. The van der Waals surface area contributed by atoms with Crippen LogP contribution in [0.5, 0.6) is 0 Å². The highest BCUT2D eigenvalue weighted by atomic mass is 16.2. The van der Waals surface area contributed by atoms with Crippen LogP contribution in [-0.2, 0) is 4.79 Å². The second-order valence-electron chi connectivity index (χ2n) is 8.29. The van der Waals surface area contributed by atoms with Gasteiger partial charge in [-0.2, -0.15) is 0 Å². The lowest BCUT2D eigenvalue weighted by atomic mass is 10.0. The van der Waals surface area contributed by atoms with E-state index in [0.717, 1.165) is 31.7 Å². The van der Waals surface area contributed by atoms with Crippen LogP contribution in [0, 0.1) is 5.92 Å². The Morgan fingerprint density at radius 2 is 1.81 bits per heavy atom. The Morgan fingerprint density at radius 1 is 1.12 bits per heavy atom. The molecule has 3 nitrogen and oxygen atoms in total. The Kier molecular flexibility index (Phi) is 9.73. The van der Waals surface area contributed by atoms with E-state index in [2.05, 4.69) is 29.8 Å². The van der Waals surface area contributed by atoms with Gasteiger partial charge in [0.1, 0.15) is 0 Å². The van der Waals surface area contributed by atoms with E-state index >= 15 is 0 Å². The smallest absolute Gasteiger partial charge is 0.223 e. The largest absolute Gasteiger partial charge is 0.336 e. The summed E-state index contributed by atoms with van der Waals surface area (Å²) < 4.78 is 0. The zero-order chi connectivity index (χ0) is 18.6. The number of likely N-dealkylation sites (tertiary alicyclic amines) is 1. The van der Waals surface area contributed by atoms with E-state index in [4.69, 9.17) is 0 Å². The summed E-state index contributed by atoms with van der Waals surface area (Å²) >= 11 is 0. The summed E-state index contributed by atoms with van der Waals surface area (Å²) in [5.74, 6) is 1.19. The fourth-order valence-corrected chi connectivity index (χ4v) is 4.02. The minimum Gasteiger partial charge on any atom is -0.336 e. The van der Waals surface area contributed by atoms with Crippen LogP contribution in [0.3, 0.4) is 0 Å². The molecule has 1 amide bonds. The van der Waals surface area contributed by atoms with E-state index in [1.54, 1.807) is 6.20 Å². The number of rotatable bonds is 12. The van der Waals surface area contributed by atoms with Crippen LogP contribution >= 0.6 is 0 Å². The van der Waals surface area contributed by atoms with Gasteiger partial charge >= 0.3 is 0 Å². The zero-order valence-electron chi connectivity index (χ0n) is 17.0. The minimum atomic E-state index is 0.252. The quantitative estimate of drug-likeness (QED) is 0.411. The molecule has 0 aromatic carbocycles. The average molecular weight is 359 g/mol. The number of amides is 1. The monoisotopic (exact) mass is 358 g/mol. The number of hydrogen-bond donors (Lipinski definition) is 0. The third-order valence-electron chi connectivity index (χ3n) is 5.56. The molecular formula is C23H38N2O. The van der Waals surface area contributed by atoms with Crippen LogP contribution < -0.4 is 0 Å². The summed E-state index contributed by atoms with van der Waals surface area (Å²) in [4.78, 5) is 18.9. The molecule has 0 radical (unpaired) electrons. The molecule has 1 aromatic heterocycles. The lowest BCUT2D eigenvalue weighted by Gasteiger charge is -2.25. The van der Waals surface area contributed by atoms with E-state index in [0.29, 0.717) is 12.3 Å². The highest BCUT2D eigenvalue weighted by Gasteiger charge is 2.29. The predicted octanol–water partition coefficient (Wildman–Crippen LogP) is 6.30. The summed E-state index contributed by atoms with van der Waals surface area (Å²) in [6, 6.07) is 4.32. The van der Waals surface area contributed by atoms with Gasteiger partial charge in [0.05, 0.1) is 6.04 Å². The van der Waals surface area contributed by atoms with Gasteiger partial charge in [-0.15, -0.1) is 0 Å². The molecule has 0 unspecified atom stereocenters. The maximum absolute atomic E-state index is 12.6. The predicted molar refractivity (Wildman–Crippen MR) is 109 cm³/mol. The molecule has 1 fully saturated rings. The van der Waals surface area contributed by atoms with Crippen molar-refractivity contribution < 1.29 is 4.79 Å². The van der Waals surface area contributed by atoms with Gasteiger partial charge in [0.25, 0.3) is 0 Å². The Labute approximate surface area is 160 Å². The van der Waals surface area contributed by atoms with Crippen LogP contribution in [0.2, 0.25) is 0 Å². The molecule has 1 aliphatic heterocycles. The van der Waals surface area contributed by atoms with E-state index in [1.165, 1.54) is 56.9 Å². The number of aromatic nitrogens is 1. The van der Waals surface area contributed by atoms with Gasteiger partial charge < -0.3 is 4.90 Å². The van der Waals surface area contributed by atoms with Crippen molar-refractivity contribution >= 4 is 5.91 Å². The summed E-state index contributed by atoms with van der Waals surface area (Å²) in [7, 11) is 0. The van der Waals surface area contributed by atoms with Crippen LogP contribution in [0.4, 0.5) is 0 Å². The lowest BCUT2D eigenvalue weighted by molar-refractivity contribution is -0.132. The molecule has 2 heterocycles. The number of nitrogens with zero attached hydrogens (tertiary/aromatic N) is 2. The fraction of sp³-hybridized carbons (Fsp3) is 0.739. The highest BCUT2D eigenvalue weighted by Crippen LogP contribution is 2.32. The van der Waals surface area contributed by atoms with Gasteiger partial charge in [0.2, 0.25) is 5.91 Å². The summed E-state index contributed by atoms with van der Waals surface area (Å²) in [6.07, 6.45) is 18.4. The number of carbonyl (C=O) groups is 1. The van der Waals surface area contributed by atoms with E-state index < -0.39 is 0 Å². The SMILES string of the molecule is CC(C)CCCCCCCCCCC(=O)N1CCC[C@H]1c1cccnc1. The summed E-state index contributed by atoms with van der Waals surface area (Å²) in [5.41, 5.74) is 1.19. The van der Waals surface area contributed by atoms with Crippen molar-refractivity contribution in [2.75, 3.05) is 6.54 Å². The Balaban J connectivity index is 1.53. The van der Waals surface area contributed by atoms with Crippen molar-refractivity contribution in [2.45, 2.75) is 96.9 Å². The first-order valence-corrected chi connectivity index (χ1v) is 10.9. The first kappa shape index (κ1) is 20.9. The molecule has 1 aromatic rings. The third kappa shape index (κ3) is 7.47. The second kappa shape index (κ2) is 12.1. The van der Waals surface area contributed by atoms with Gasteiger partial charge in [0, 0.05) is 25.4 Å². The molecule has 0 aliphatic carbocycles. The van der Waals surface area contributed by atoms with Crippen molar-refractivity contribution in [2.24, 2.45) is 5.92 Å². The lowest BCUT2D eigenvalue weighted by Crippen LogP contribution is -2.30. The van der Waals surface area contributed by atoms with Gasteiger partial charge in [-0.25, -0.2) is 0 Å². The van der Waals surface area contributed by atoms with E-state index in [9.17, 15) is 4.79 Å². The Hall–Kier alpha value is -1.38. The van der Waals surface area contributed by atoms with Crippen LogP contribution in [0.1, 0.15) is 103 Å². The maximum Gasteiger partial charge on any atom is 0.223 e. The molecule has 146 valence electrons. The first-order valence-electron chi connectivity index (χ1n) is 10.9. The number of carbonyl (C=O) groups excluding carboxylic acids is 1. The number of unbranched alkanes of at least 4 members (excludes halogenated alkanes) is 7. The zero-order valence-corrected chi connectivity index (χ0v) is 17.0. The number of pyridine rings is 1. The van der Waals surface area contributed by atoms with E-state index in [-0.39, 0.29) is 6.04 Å². The molecule has 0 saturated carbocycles. The molecule has 26 heavy (non-hydrogen) atoms. The molecular weight excluding hydrogens is 320 g/mol. The first-order chi connectivity index (χ1) is 12.7. The molecule has 0 N–H and O–H groups in total. The fourth-order valence-electron chi connectivity index (χ4n) is 4.02. The Bertz CT molecular complexity index is 500. The van der Waals surface area contributed by atoms with Gasteiger partial charge in [-0.05, 0) is 36.8 Å². The van der Waals surface area contributed by atoms with Crippen LogP contribution in [0.15, 0.2) is 24.5 Å². The van der Waals surface area contributed by atoms with Crippen LogP contribution in [-0.4, -0.2) is 22.3 Å². The molecule has 1 aliphatic rings. The topological polar surface area (TPSA) is 33.2 Å². The van der Waals surface area contributed by atoms with Crippen molar-refractivity contribution in [3.05, 3.63) is 30.1 Å². The maximum atomic E-state index is 12.6. The van der Waals surface area contributed by atoms with Crippen LogP contribution in [0.25, 0.3) is 0 Å². The van der Waals surface area contributed by atoms with Gasteiger partial charge in [-0.3, -0.25) is 9.78 Å².